The average molecular weight is 459 g/mol. The van der Waals surface area contributed by atoms with Crippen LogP contribution in [0.3, 0.4) is 0 Å². The van der Waals surface area contributed by atoms with Crippen LogP contribution >= 0.6 is 15.9 Å². The van der Waals surface area contributed by atoms with Gasteiger partial charge in [0.25, 0.3) is 5.91 Å². The minimum atomic E-state index is -3.14. The van der Waals surface area contributed by atoms with E-state index in [1.807, 2.05) is 25.1 Å². The fraction of sp³-hybridized carbons (Fsp3) is 0.650. The van der Waals surface area contributed by atoms with E-state index in [2.05, 4.69) is 35.1 Å². The van der Waals surface area contributed by atoms with Crippen molar-refractivity contribution in [2.45, 2.75) is 47.0 Å². The molecule has 1 saturated heterocycles. The van der Waals surface area contributed by atoms with Crippen molar-refractivity contribution in [3.8, 4) is 0 Å². The first kappa shape index (κ1) is 22.4. The highest BCUT2D eigenvalue weighted by Gasteiger charge is 2.38. The van der Waals surface area contributed by atoms with Crippen molar-refractivity contribution in [1.82, 2.24) is 9.62 Å². The quantitative estimate of drug-likeness (QED) is 0.671. The molecule has 0 aliphatic carbocycles. The normalized spacial score (nSPS) is 17.9. The molecule has 2 rings (SSSR count). The van der Waals surface area contributed by atoms with Crippen LogP contribution in [0.2, 0.25) is 0 Å². The molecule has 1 aromatic rings. The van der Waals surface area contributed by atoms with Gasteiger partial charge >= 0.3 is 0 Å². The summed E-state index contributed by atoms with van der Waals surface area (Å²) in [7, 11) is -3.14. The van der Waals surface area contributed by atoms with Gasteiger partial charge in [0, 0.05) is 24.1 Å². The fourth-order valence-electron chi connectivity index (χ4n) is 3.92. The van der Waals surface area contributed by atoms with Gasteiger partial charge in [0.15, 0.2) is 0 Å². The molecule has 1 aliphatic rings. The number of carbonyl (C=O) groups is 1. The van der Waals surface area contributed by atoms with Crippen LogP contribution in [-0.2, 0) is 10.0 Å². The average Bonchev–Trinajstić information content (AvgIpc) is 2.61. The topological polar surface area (TPSA) is 66.5 Å². The summed E-state index contributed by atoms with van der Waals surface area (Å²) in [6, 6.07) is 5.73. The van der Waals surface area contributed by atoms with E-state index in [4.69, 9.17) is 0 Å². The molecule has 1 fully saturated rings. The van der Waals surface area contributed by atoms with Crippen LogP contribution in [-0.4, -0.2) is 44.0 Å². The number of sulfonamides is 1. The summed E-state index contributed by atoms with van der Waals surface area (Å²) < 4.78 is 26.7. The molecule has 0 bridgehead atoms. The van der Waals surface area contributed by atoms with Crippen LogP contribution in [0.5, 0.6) is 0 Å². The Hall–Kier alpha value is -0.920. The van der Waals surface area contributed by atoms with E-state index in [1.165, 1.54) is 0 Å². The Morgan fingerprint density at radius 1 is 1.30 bits per heavy atom. The predicted molar refractivity (Wildman–Crippen MR) is 113 cm³/mol. The zero-order valence-corrected chi connectivity index (χ0v) is 19.1. The third-order valence-corrected chi connectivity index (χ3v) is 7.95. The second-order valence-corrected chi connectivity index (χ2v) is 11.2. The van der Waals surface area contributed by atoms with E-state index in [9.17, 15) is 13.2 Å². The van der Waals surface area contributed by atoms with Crippen molar-refractivity contribution < 1.29 is 13.2 Å². The Morgan fingerprint density at radius 2 is 1.93 bits per heavy atom. The van der Waals surface area contributed by atoms with Crippen LogP contribution in [0.4, 0.5) is 0 Å². The summed E-state index contributed by atoms with van der Waals surface area (Å²) >= 11 is 3.45. The molecule has 152 valence electrons. The Kier molecular flexibility index (Phi) is 7.50. The number of piperidine rings is 1. The van der Waals surface area contributed by atoms with E-state index < -0.39 is 10.0 Å². The van der Waals surface area contributed by atoms with Gasteiger partial charge in [-0.2, -0.15) is 0 Å². The first-order chi connectivity index (χ1) is 12.6. The zero-order valence-electron chi connectivity index (χ0n) is 16.7. The number of aryl methyl sites for hydroxylation is 1. The Balaban J connectivity index is 2.09. The molecule has 27 heavy (non-hydrogen) atoms. The molecular formula is C20H31BrN2O3S. The lowest BCUT2D eigenvalue weighted by molar-refractivity contribution is 0.0855. The molecule has 5 nitrogen and oxygen atoms in total. The largest absolute Gasteiger partial charge is 0.351 e. The standard InChI is InChI=1S/C20H31BrN2O3S/c1-5-27(25,26)23-10-8-20(9-11-23,13-15(2)3)14-22-19(24)17-12-16(4)6-7-18(17)21/h6-7,12,15H,5,8-11,13-14H2,1-4H3,(H,22,24). The molecule has 0 saturated carbocycles. The van der Waals surface area contributed by atoms with Crippen molar-refractivity contribution in [3.05, 3.63) is 33.8 Å². The number of hydrogen-bond acceptors (Lipinski definition) is 3. The lowest BCUT2D eigenvalue weighted by Gasteiger charge is -2.42. The summed E-state index contributed by atoms with van der Waals surface area (Å²) in [5.41, 5.74) is 1.62. The molecule has 1 heterocycles. The highest BCUT2D eigenvalue weighted by atomic mass is 79.9. The molecule has 1 aliphatic heterocycles. The van der Waals surface area contributed by atoms with E-state index in [0.29, 0.717) is 31.1 Å². The van der Waals surface area contributed by atoms with Gasteiger partial charge in [0.2, 0.25) is 10.0 Å². The summed E-state index contributed by atoms with van der Waals surface area (Å²) in [5, 5.41) is 3.11. The third kappa shape index (κ3) is 5.78. The van der Waals surface area contributed by atoms with Gasteiger partial charge in [0.05, 0.1) is 11.3 Å². The Bertz CT molecular complexity index is 769. The van der Waals surface area contributed by atoms with Gasteiger partial charge in [-0.15, -0.1) is 0 Å². The molecule has 1 amide bonds. The van der Waals surface area contributed by atoms with Crippen molar-refractivity contribution in [2.24, 2.45) is 11.3 Å². The maximum atomic E-state index is 12.7. The summed E-state index contributed by atoms with van der Waals surface area (Å²) in [4.78, 5) is 12.7. The van der Waals surface area contributed by atoms with Gasteiger partial charge in [0.1, 0.15) is 0 Å². The summed E-state index contributed by atoms with van der Waals surface area (Å²) in [5.74, 6) is 0.543. The number of nitrogens with zero attached hydrogens (tertiary/aromatic N) is 1. The molecule has 0 spiro atoms. The van der Waals surface area contributed by atoms with Crippen LogP contribution in [0, 0.1) is 18.3 Å². The van der Waals surface area contributed by atoms with Crippen molar-refractivity contribution >= 4 is 31.9 Å². The molecule has 0 aromatic heterocycles. The molecule has 0 radical (unpaired) electrons. The highest BCUT2D eigenvalue weighted by Crippen LogP contribution is 2.38. The van der Waals surface area contributed by atoms with E-state index in [1.54, 1.807) is 11.2 Å². The van der Waals surface area contributed by atoms with Crippen LogP contribution in [0.1, 0.15) is 56.0 Å². The Morgan fingerprint density at radius 3 is 2.48 bits per heavy atom. The molecule has 7 heteroatoms. The molecule has 0 unspecified atom stereocenters. The number of carbonyl (C=O) groups excluding carboxylic acids is 1. The highest BCUT2D eigenvalue weighted by molar-refractivity contribution is 9.10. The number of rotatable bonds is 7. The smallest absolute Gasteiger partial charge is 0.252 e. The second-order valence-electron chi connectivity index (χ2n) is 8.06. The van der Waals surface area contributed by atoms with Crippen LogP contribution < -0.4 is 5.32 Å². The lowest BCUT2D eigenvalue weighted by Crippen LogP contribution is -2.48. The van der Waals surface area contributed by atoms with Gasteiger partial charge in [-0.25, -0.2) is 12.7 Å². The second kappa shape index (κ2) is 9.05. The summed E-state index contributed by atoms with van der Waals surface area (Å²) in [6.45, 7) is 9.65. The van der Waals surface area contributed by atoms with Gasteiger partial charge in [-0.1, -0.05) is 25.5 Å². The molecule has 1 N–H and O–H groups in total. The van der Waals surface area contributed by atoms with Gasteiger partial charge < -0.3 is 5.32 Å². The Labute approximate surface area is 172 Å². The number of hydrogen-bond donors (Lipinski definition) is 1. The number of amides is 1. The van der Waals surface area contributed by atoms with Crippen LogP contribution in [0.25, 0.3) is 0 Å². The fourth-order valence-corrected chi connectivity index (χ4v) is 5.45. The van der Waals surface area contributed by atoms with E-state index in [-0.39, 0.29) is 17.1 Å². The molecular weight excluding hydrogens is 428 g/mol. The minimum Gasteiger partial charge on any atom is -0.351 e. The zero-order chi connectivity index (χ0) is 20.2. The monoisotopic (exact) mass is 458 g/mol. The molecule has 0 atom stereocenters. The predicted octanol–water partition coefficient (Wildman–Crippen LogP) is 3.97. The first-order valence-electron chi connectivity index (χ1n) is 9.61. The number of benzene rings is 1. The number of halogens is 1. The summed E-state index contributed by atoms with van der Waals surface area (Å²) in [6.07, 6.45) is 2.53. The molecule has 1 aromatic carbocycles. The van der Waals surface area contributed by atoms with E-state index >= 15 is 0 Å². The van der Waals surface area contributed by atoms with E-state index in [0.717, 1.165) is 29.3 Å². The third-order valence-electron chi connectivity index (χ3n) is 5.37. The van der Waals surface area contributed by atoms with Gasteiger partial charge in [-0.3, -0.25) is 4.79 Å². The SMILES string of the molecule is CCS(=O)(=O)N1CCC(CNC(=O)c2cc(C)ccc2Br)(CC(C)C)CC1. The van der Waals surface area contributed by atoms with Crippen molar-refractivity contribution in [3.63, 3.8) is 0 Å². The lowest BCUT2D eigenvalue weighted by atomic mass is 9.73. The van der Waals surface area contributed by atoms with Crippen molar-refractivity contribution in [1.29, 1.82) is 0 Å². The van der Waals surface area contributed by atoms with Gasteiger partial charge in [-0.05, 0) is 72.5 Å². The maximum Gasteiger partial charge on any atom is 0.252 e. The minimum absolute atomic E-state index is 0.0557. The first-order valence-corrected chi connectivity index (χ1v) is 12.0. The van der Waals surface area contributed by atoms with Crippen molar-refractivity contribution in [2.75, 3.05) is 25.4 Å². The number of nitrogens with one attached hydrogen (secondary N) is 1. The van der Waals surface area contributed by atoms with Crippen LogP contribution in [0.15, 0.2) is 22.7 Å². The maximum absolute atomic E-state index is 12.7.